The van der Waals surface area contributed by atoms with Gasteiger partial charge in [0.05, 0.1) is 23.1 Å². The highest BCUT2D eigenvalue weighted by atomic mass is 16.5. The lowest BCUT2D eigenvalue weighted by Gasteiger charge is -2.59. The van der Waals surface area contributed by atoms with Crippen LogP contribution >= 0.6 is 0 Å². The Bertz CT molecular complexity index is 2930. The number of hydrogen-bond acceptors (Lipinski definition) is 2. The first-order chi connectivity index (χ1) is 27.1. The summed E-state index contributed by atoms with van der Waals surface area (Å²) in [6.45, 7) is 14.3. The molecular formula is C50H42B2N2O2. The van der Waals surface area contributed by atoms with Crippen molar-refractivity contribution in [1.82, 2.24) is 9.13 Å². The molecule has 8 aromatic rings. The van der Waals surface area contributed by atoms with Crippen LogP contribution in [0.2, 0.25) is 11.6 Å². The lowest BCUT2D eigenvalue weighted by atomic mass is 9.24. The first kappa shape index (κ1) is 30.8. The minimum atomic E-state index is -0.116. The second-order valence-corrected chi connectivity index (χ2v) is 19.9. The second-order valence-electron chi connectivity index (χ2n) is 19.9. The van der Waals surface area contributed by atoms with Crippen molar-refractivity contribution in [2.24, 2.45) is 0 Å². The van der Waals surface area contributed by atoms with Gasteiger partial charge in [0.25, 0.3) is 0 Å². The number of fused-ring (bicyclic) bond motifs is 3. The zero-order valence-corrected chi connectivity index (χ0v) is 32.7. The van der Waals surface area contributed by atoms with Crippen molar-refractivity contribution >= 4 is 78.9 Å². The fraction of sp³-hybridized carbons (Fsp3) is 0.280. The summed E-state index contributed by atoms with van der Waals surface area (Å²) in [5.74, 6) is 2.31. The Morgan fingerprint density at radius 2 is 0.964 bits per heavy atom. The summed E-state index contributed by atoms with van der Waals surface area (Å²) in [6.07, 6.45) is -0.232. The normalized spacial score (nSPS) is 24.1. The number of ether oxygens (including phenoxy) is 2. The molecule has 6 atom stereocenters. The van der Waals surface area contributed by atoms with Gasteiger partial charge in [-0.15, -0.1) is 0 Å². The smallest absolute Gasteiger partial charge is 0.223 e. The Hall–Kier alpha value is -5.35. The van der Waals surface area contributed by atoms with Crippen molar-refractivity contribution in [1.29, 1.82) is 0 Å². The molecule has 5 aliphatic heterocycles. The largest absolute Gasteiger partial charge is 0.486 e. The highest BCUT2D eigenvalue weighted by Gasteiger charge is 2.67. The van der Waals surface area contributed by atoms with Gasteiger partial charge in [-0.25, -0.2) is 0 Å². The van der Waals surface area contributed by atoms with Gasteiger partial charge in [-0.1, -0.05) is 150 Å². The number of para-hydroxylation sites is 2. The zero-order valence-electron chi connectivity index (χ0n) is 32.7. The summed E-state index contributed by atoms with van der Waals surface area (Å²) in [6, 6.07) is 42.6. The van der Waals surface area contributed by atoms with Crippen molar-refractivity contribution in [3.05, 3.63) is 120 Å². The molecule has 0 bridgehead atoms. The lowest BCUT2D eigenvalue weighted by Crippen LogP contribution is -2.69. The van der Waals surface area contributed by atoms with Crippen LogP contribution in [-0.4, -0.2) is 34.8 Å². The predicted molar refractivity (Wildman–Crippen MR) is 233 cm³/mol. The molecule has 0 N–H and O–H groups in total. The van der Waals surface area contributed by atoms with E-state index in [2.05, 4.69) is 160 Å². The average molecular weight is 725 g/mol. The highest BCUT2D eigenvalue weighted by molar-refractivity contribution is 6.95. The van der Waals surface area contributed by atoms with E-state index in [4.69, 9.17) is 9.47 Å². The van der Waals surface area contributed by atoms with E-state index in [0.717, 1.165) is 11.5 Å². The molecule has 56 heavy (non-hydrogen) atoms. The molecule has 6 heteroatoms. The van der Waals surface area contributed by atoms with Gasteiger partial charge in [-0.05, 0) is 62.0 Å². The third kappa shape index (κ3) is 3.38. The molecule has 1 saturated carbocycles. The van der Waals surface area contributed by atoms with Gasteiger partial charge in [0.15, 0.2) is 0 Å². The summed E-state index contributed by atoms with van der Waals surface area (Å²) < 4.78 is 21.0. The van der Waals surface area contributed by atoms with Gasteiger partial charge >= 0.3 is 0 Å². The second kappa shape index (κ2) is 9.60. The first-order valence-electron chi connectivity index (χ1n) is 20.8. The van der Waals surface area contributed by atoms with Gasteiger partial charge in [0, 0.05) is 38.4 Å². The Morgan fingerprint density at radius 3 is 1.43 bits per heavy atom. The Balaban J connectivity index is 1.14. The van der Waals surface area contributed by atoms with Crippen LogP contribution in [0.4, 0.5) is 0 Å². The van der Waals surface area contributed by atoms with E-state index < -0.39 is 0 Å². The number of nitrogens with zero attached hydrogens (tertiary/aromatic N) is 2. The van der Waals surface area contributed by atoms with Crippen LogP contribution in [0.25, 0.3) is 54.7 Å². The monoisotopic (exact) mass is 724 g/mol. The molecule has 270 valence electrons. The van der Waals surface area contributed by atoms with Gasteiger partial charge in [0.1, 0.15) is 23.7 Å². The van der Waals surface area contributed by atoms with Crippen molar-refractivity contribution in [3.63, 3.8) is 0 Å². The van der Waals surface area contributed by atoms with E-state index in [1.54, 1.807) is 10.9 Å². The van der Waals surface area contributed by atoms with Crippen LogP contribution in [-0.2, 0) is 10.8 Å². The maximum absolute atomic E-state index is 7.71. The molecule has 1 fully saturated rings. The maximum Gasteiger partial charge on any atom is 0.223 e. The van der Waals surface area contributed by atoms with E-state index in [1.165, 1.54) is 76.8 Å². The van der Waals surface area contributed by atoms with E-state index in [9.17, 15) is 0 Å². The van der Waals surface area contributed by atoms with Gasteiger partial charge in [0.2, 0.25) is 13.4 Å². The number of benzene rings is 6. The average Bonchev–Trinajstić information content (AvgIpc) is 3.83. The molecule has 14 rings (SSSR count). The van der Waals surface area contributed by atoms with Crippen LogP contribution < -0.4 is 31.3 Å². The quantitative estimate of drug-likeness (QED) is 0.171. The minimum absolute atomic E-state index is 0.00395. The molecule has 6 aromatic carbocycles. The Kier molecular flexibility index (Phi) is 5.28. The van der Waals surface area contributed by atoms with Crippen molar-refractivity contribution < 1.29 is 9.47 Å². The number of hydrogen-bond donors (Lipinski definition) is 0. The van der Waals surface area contributed by atoms with Gasteiger partial charge in [-0.3, -0.25) is 0 Å². The SMILES string of the molecule is CC(C)(C)c1cccc(B(c2cccc(C(C)(C)C)c2)C2C3Oc4cccc5c6ccc7c8c6n(c45)C3[C@@H]3B8c4c-7ccc5c6cccc7c6n(c45)[C@@H]3C2O7)c1. The molecule has 0 radical (unpaired) electrons. The summed E-state index contributed by atoms with van der Waals surface area (Å²) in [4.78, 5) is 0. The molecule has 7 heterocycles. The van der Waals surface area contributed by atoms with E-state index in [1.807, 2.05) is 0 Å². The topological polar surface area (TPSA) is 28.3 Å². The molecular weight excluding hydrogens is 682 g/mol. The highest BCUT2D eigenvalue weighted by Crippen LogP contribution is 2.65. The summed E-state index contributed by atoms with van der Waals surface area (Å²) >= 11 is 0. The van der Waals surface area contributed by atoms with Crippen LogP contribution in [0.1, 0.15) is 64.8 Å². The van der Waals surface area contributed by atoms with Crippen LogP contribution in [0.15, 0.2) is 109 Å². The standard InChI is InChI=1S/C50H42B2N2O2/c1-49(2,3)25-11-7-13-27(23-25)51(28-14-8-12-26(24-28)50(4,5)6)40-47-45-39-46-48(40)56-36-18-10-16-32-34-22-20-30-29-19-21-33-31-15-9-17-35(55-47)41(31)53(45)43(33)37(29)52(39)38(30)44(34)54(46)42(32)36/h7-24,39-40,45-48H,1-6H3/t39-,40?,45+,46?,47?,48?/m1/s1. The maximum atomic E-state index is 7.71. The number of aromatic nitrogens is 2. The van der Waals surface area contributed by atoms with Crippen molar-refractivity contribution in [3.8, 4) is 22.6 Å². The molecule has 4 nitrogen and oxygen atoms in total. The van der Waals surface area contributed by atoms with Crippen molar-refractivity contribution in [2.75, 3.05) is 0 Å². The summed E-state index contributed by atoms with van der Waals surface area (Å²) in [5, 5.41) is 5.37. The summed E-state index contributed by atoms with van der Waals surface area (Å²) in [5.41, 5.74) is 16.8. The van der Waals surface area contributed by atoms with E-state index in [-0.39, 0.29) is 53.5 Å². The molecule has 0 spiro atoms. The number of rotatable bonds is 3. The molecule has 4 unspecified atom stereocenters. The zero-order chi connectivity index (χ0) is 37.3. The van der Waals surface area contributed by atoms with Gasteiger partial charge < -0.3 is 18.6 Å². The lowest BCUT2D eigenvalue weighted by molar-refractivity contribution is -0.00862. The molecule has 0 amide bonds. The third-order valence-electron chi connectivity index (χ3n) is 15.2. The fourth-order valence-electron chi connectivity index (χ4n) is 13.1. The van der Waals surface area contributed by atoms with E-state index in [0.29, 0.717) is 6.71 Å². The van der Waals surface area contributed by atoms with Crippen LogP contribution in [0.3, 0.4) is 0 Å². The molecule has 1 aliphatic carbocycles. The minimum Gasteiger partial charge on any atom is -0.486 e. The summed E-state index contributed by atoms with van der Waals surface area (Å²) in [7, 11) is 0. The van der Waals surface area contributed by atoms with Gasteiger partial charge in [-0.2, -0.15) is 0 Å². The predicted octanol–water partition coefficient (Wildman–Crippen LogP) is 8.78. The van der Waals surface area contributed by atoms with Crippen LogP contribution in [0.5, 0.6) is 11.5 Å². The first-order valence-corrected chi connectivity index (χ1v) is 20.8. The molecule has 6 aliphatic rings. The Labute approximate surface area is 327 Å². The van der Waals surface area contributed by atoms with E-state index >= 15 is 0 Å². The molecule has 2 aromatic heterocycles. The fourth-order valence-corrected chi connectivity index (χ4v) is 13.1. The van der Waals surface area contributed by atoms with Crippen molar-refractivity contribution in [2.45, 2.75) is 88.3 Å². The Morgan fingerprint density at radius 1 is 0.518 bits per heavy atom. The molecule has 0 saturated heterocycles. The third-order valence-corrected chi connectivity index (χ3v) is 15.2. The van der Waals surface area contributed by atoms with Crippen LogP contribution in [0, 0.1) is 0 Å².